The molecule has 0 aliphatic rings. The zero-order valence-electron chi connectivity index (χ0n) is 4.71. The summed E-state index contributed by atoms with van der Waals surface area (Å²) in [6.07, 6.45) is 0. The van der Waals surface area contributed by atoms with Gasteiger partial charge in [-0.2, -0.15) is 0 Å². The van der Waals surface area contributed by atoms with Crippen LogP contribution in [0.4, 0.5) is 0 Å². The Morgan fingerprint density at radius 1 is 1.25 bits per heavy atom. The Bertz CT molecular complexity index is 110. The van der Waals surface area contributed by atoms with E-state index in [1.54, 1.807) is 0 Å². The highest BCUT2D eigenvalue weighted by Crippen LogP contribution is 1.65. The molecule has 0 saturated heterocycles. The van der Waals surface area contributed by atoms with Gasteiger partial charge in [-0.25, -0.2) is 19.3 Å². The lowest BCUT2D eigenvalue weighted by Gasteiger charge is -2.09. The Kier molecular flexibility index (Phi) is 3.71. The molecule has 0 rings (SSSR count). The highest BCUT2D eigenvalue weighted by Gasteiger charge is 1.94. The predicted octanol–water partition coefficient (Wildman–Crippen LogP) is -1.92. The van der Waals surface area contributed by atoms with Crippen molar-refractivity contribution in [2.24, 2.45) is 0 Å². The van der Waals surface area contributed by atoms with Gasteiger partial charge in [-0.15, -0.1) is 0 Å². The fourth-order valence-electron chi connectivity index (χ4n) is 0.275. The van der Waals surface area contributed by atoms with E-state index in [0.29, 0.717) is 0 Å². The number of nitrogens with one attached hydrogen (secondary N) is 2. The maximum Gasteiger partial charge on any atom is 0.230 e. The van der Waals surface area contributed by atoms with Gasteiger partial charge in [-0.05, 0) is 0 Å². The number of nitrogens with zero attached hydrogens (tertiary/aromatic N) is 1. The van der Waals surface area contributed by atoms with Crippen LogP contribution in [0.2, 0.25) is 0 Å². The highest BCUT2D eigenvalue weighted by molar-refractivity contribution is 7.69. The van der Waals surface area contributed by atoms with Gasteiger partial charge in [0.15, 0.2) is 0 Å². The summed E-state index contributed by atoms with van der Waals surface area (Å²) in [6, 6.07) is 0. The summed E-state index contributed by atoms with van der Waals surface area (Å²) in [4.78, 5) is 0. The Morgan fingerprint density at radius 2 is 1.62 bits per heavy atom. The molecule has 8 heavy (non-hydrogen) atoms. The van der Waals surface area contributed by atoms with E-state index in [0.717, 1.165) is 4.52 Å². The number of hydrogen-bond donors (Lipinski definition) is 3. The fourth-order valence-corrected chi connectivity index (χ4v) is 0.602. The smallest absolute Gasteiger partial charge is 0.230 e. The van der Waals surface area contributed by atoms with Gasteiger partial charge in [0, 0.05) is 14.1 Å². The van der Waals surface area contributed by atoms with Crippen LogP contribution in [-0.2, 0) is 10.9 Å². The molecule has 0 aliphatic heterocycles. The second kappa shape index (κ2) is 3.79. The van der Waals surface area contributed by atoms with E-state index in [1.807, 2.05) is 0 Å². The summed E-state index contributed by atoms with van der Waals surface area (Å²) in [6.45, 7) is 0. The van der Waals surface area contributed by atoms with Crippen molar-refractivity contribution in [1.82, 2.24) is 15.4 Å². The molecule has 0 atom stereocenters. The van der Waals surface area contributed by atoms with Crippen molar-refractivity contribution in [2.45, 2.75) is 0 Å². The summed E-state index contributed by atoms with van der Waals surface area (Å²) in [7, 11) is 0.450. The monoisotopic (exact) mass is 139 g/mol. The first kappa shape index (κ1) is 7.83. The number of rotatable bonds is 3. The van der Waals surface area contributed by atoms with Crippen molar-refractivity contribution in [1.29, 1.82) is 0 Å². The van der Waals surface area contributed by atoms with Crippen molar-refractivity contribution in [3.63, 3.8) is 0 Å². The Balaban J connectivity index is 3.70. The normalized spacial score (nSPS) is 11.0. The van der Waals surface area contributed by atoms with Crippen LogP contribution in [0.25, 0.3) is 0 Å². The van der Waals surface area contributed by atoms with Crippen molar-refractivity contribution in [2.75, 3.05) is 14.1 Å². The third kappa shape index (κ3) is 2.22. The molecular formula is C2H9N3O2S. The van der Waals surface area contributed by atoms with E-state index in [4.69, 9.17) is 0 Å². The summed E-state index contributed by atoms with van der Waals surface area (Å²) < 4.78 is 20.9. The molecule has 2 N–H and O–H groups in total. The SMILES string of the molecule is CNN(NC)[SH](=O)=O. The maximum absolute atomic E-state index is 10.00. The van der Waals surface area contributed by atoms with E-state index in [2.05, 4.69) is 10.9 Å². The molecule has 0 aromatic heterocycles. The number of hydrazine groups is 2. The minimum atomic E-state index is -2.55. The average Bonchev–Trinajstić information content (AvgIpc) is 1.69. The molecule has 0 amide bonds. The van der Waals surface area contributed by atoms with E-state index < -0.39 is 10.9 Å². The quantitative estimate of drug-likeness (QED) is 0.315. The molecular weight excluding hydrogens is 130 g/mol. The Labute approximate surface area is 49.7 Å². The van der Waals surface area contributed by atoms with Crippen LogP contribution in [0, 0.1) is 0 Å². The molecule has 0 saturated carbocycles. The first-order valence-electron chi connectivity index (χ1n) is 2.01. The largest absolute Gasteiger partial charge is 0.230 e. The molecule has 6 heteroatoms. The maximum atomic E-state index is 10.00. The van der Waals surface area contributed by atoms with Crippen LogP contribution in [0.5, 0.6) is 0 Å². The van der Waals surface area contributed by atoms with Gasteiger partial charge in [0.1, 0.15) is 0 Å². The molecule has 0 heterocycles. The molecule has 0 radical (unpaired) electrons. The van der Waals surface area contributed by atoms with Gasteiger partial charge in [-0.1, -0.05) is 4.52 Å². The van der Waals surface area contributed by atoms with Crippen molar-refractivity contribution < 1.29 is 8.42 Å². The van der Waals surface area contributed by atoms with Gasteiger partial charge in [0.25, 0.3) is 0 Å². The van der Waals surface area contributed by atoms with E-state index in [9.17, 15) is 8.42 Å². The number of thiol groups is 1. The van der Waals surface area contributed by atoms with Crippen molar-refractivity contribution in [3.8, 4) is 0 Å². The first-order valence-corrected chi connectivity index (χ1v) is 3.14. The van der Waals surface area contributed by atoms with E-state index in [1.165, 1.54) is 14.1 Å². The van der Waals surface area contributed by atoms with Crippen LogP contribution < -0.4 is 10.9 Å². The lowest BCUT2D eigenvalue weighted by Crippen LogP contribution is -2.42. The molecule has 50 valence electrons. The zero-order valence-corrected chi connectivity index (χ0v) is 5.61. The van der Waals surface area contributed by atoms with Crippen LogP contribution in [0.15, 0.2) is 0 Å². The lowest BCUT2D eigenvalue weighted by atomic mass is 11.4. The second-order valence-corrected chi connectivity index (χ2v) is 1.87. The average molecular weight is 139 g/mol. The summed E-state index contributed by atoms with van der Waals surface area (Å²) in [5.74, 6) is 0. The van der Waals surface area contributed by atoms with Gasteiger partial charge >= 0.3 is 0 Å². The summed E-state index contributed by atoms with van der Waals surface area (Å²) >= 11 is 0. The third-order valence-electron chi connectivity index (χ3n) is 0.587. The highest BCUT2D eigenvalue weighted by atomic mass is 32.2. The van der Waals surface area contributed by atoms with Crippen LogP contribution in [0.1, 0.15) is 0 Å². The Hall–Kier alpha value is -0.170. The molecule has 0 aromatic carbocycles. The van der Waals surface area contributed by atoms with E-state index in [-0.39, 0.29) is 0 Å². The number of hydrogen-bond acceptors (Lipinski definition) is 4. The lowest BCUT2D eigenvalue weighted by molar-refractivity contribution is 0.289. The van der Waals surface area contributed by atoms with Crippen molar-refractivity contribution >= 4 is 10.9 Å². The van der Waals surface area contributed by atoms with E-state index >= 15 is 0 Å². The summed E-state index contributed by atoms with van der Waals surface area (Å²) in [5, 5.41) is 0. The van der Waals surface area contributed by atoms with Crippen molar-refractivity contribution in [3.05, 3.63) is 0 Å². The van der Waals surface area contributed by atoms with Gasteiger partial charge < -0.3 is 0 Å². The minimum absolute atomic E-state index is 0.870. The molecule has 0 aliphatic carbocycles. The molecule has 5 nitrogen and oxygen atoms in total. The predicted molar refractivity (Wildman–Crippen MR) is 30.3 cm³/mol. The molecule has 0 fully saturated rings. The molecule has 0 spiro atoms. The molecule has 0 unspecified atom stereocenters. The van der Waals surface area contributed by atoms with Crippen LogP contribution >= 0.6 is 0 Å². The zero-order chi connectivity index (χ0) is 6.57. The fraction of sp³-hybridized carbons (Fsp3) is 1.00. The topological polar surface area (TPSA) is 61.4 Å². The van der Waals surface area contributed by atoms with Gasteiger partial charge in [-0.3, -0.25) is 0 Å². The van der Waals surface area contributed by atoms with Crippen LogP contribution in [-0.4, -0.2) is 27.0 Å². The Morgan fingerprint density at radius 3 is 1.62 bits per heavy atom. The summed E-state index contributed by atoms with van der Waals surface area (Å²) in [5.41, 5.74) is 4.75. The second-order valence-electron chi connectivity index (χ2n) is 0.997. The third-order valence-corrected chi connectivity index (χ3v) is 1.31. The van der Waals surface area contributed by atoms with Gasteiger partial charge in [0.2, 0.25) is 10.9 Å². The standard InChI is InChI=1S/C2H9N3O2S/c1-3-5(4-2)8(6)7/h3-4,8H,1-2H3. The molecule has 0 bridgehead atoms. The van der Waals surface area contributed by atoms with Gasteiger partial charge in [0.05, 0.1) is 0 Å². The van der Waals surface area contributed by atoms with Crippen LogP contribution in [0.3, 0.4) is 0 Å². The first-order chi connectivity index (χ1) is 3.72. The molecule has 0 aromatic rings. The minimum Gasteiger partial charge on any atom is -0.230 e.